The third-order valence-electron chi connectivity index (χ3n) is 3.50. The molecule has 1 aliphatic heterocycles. The standard InChI is InChI=1S/C11H25N3O/c1-9(4-5-15)13-11(7-12)6-10(2)14(3)8-11/h9-10,13,15H,4-8,12H2,1-3H3. The van der Waals surface area contributed by atoms with Crippen LogP contribution in [-0.2, 0) is 0 Å². The van der Waals surface area contributed by atoms with E-state index in [1.165, 1.54) is 0 Å². The summed E-state index contributed by atoms with van der Waals surface area (Å²) in [6.45, 7) is 6.24. The van der Waals surface area contributed by atoms with Crippen LogP contribution in [0.15, 0.2) is 0 Å². The van der Waals surface area contributed by atoms with Crippen LogP contribution in [-0.4, -0.2) is 54.4 Å². The van der Waals surface area contributed by atoms with Crippen LogP contribution in [0.3, 0.4) is 0 Å². The van der Waals surface area contributed by atoms with Crippen LogP contribution < -0.4 is 11.1 Å². The van der Waals surface area contributed by atoms with E-state index in [4.69, 9.17) is 10.8 Å². The van der Waals surface area contributed by atoms with Gasteiger partial charge in [-0.15, -0.1) is 0 Å². The predicted octanol–water partition coefficient (Wildman–Crippen LogP) is -0.232. The summed E-state index contributed by atoms with van der Waals surface area (Å²) in [4.78, 5) is 2.34. The maximum atomic E-state index is 8.89. The van der Waals surface area contributed by atoms with Gasteiger partial charge in [0.2, 0.25) is 0 Å². The monoisotopic (exact) mass is 215 g/mol. The molecule has 4 N–H and O–H groups in total. The van der Waals surface area contributed by atoms with E-state index in [9.17, 15) is 0 Å². The zero-order chi connectivity index (χ0) is 11.5. The molecular weight excluding hydrogens is 190 g/mol. The lowest BCUT2D eigenvalue weighted by Crippen LogP contribution is -2.56. The molecular formula is C11H25N3O. The maximum absolute atomic E-state index is 8.89. The number of hydrogen-bond acceptors (Lipinski definition) is 4. The molecule has 0 aromatic heterocycles. The number of hydrogen-bond donors (Lipinski definition) is 3. The molecule has 0 saturated carbocycles. The zero-order valence-corrected chi connectivity index (χ0v) is 10.2. The van der Waals surface area contributed by atoms with Gasteiger partial charge in [0, 0.05) is 37.3 Å². The Morgan fingerprint density at radius 3 is 2.73 bits per heavy atom. The summed E-state index contributed by atoms with van der Waals surface area (Å²) in [5.74, 6) is 0. The highest BCUT2D eigenvalue weighted by Gasteiger charge is 2.39. The number of likely N-dealkylation sites (N-methyl/N-ethyl adjacent to an activating group) is 1. The highest BCUT2D eigenvalue weighted by molar-refractivity contribution is 5.01. The number of likely N-dealkylation sites (tertiary alicyclic amines) is 1. The third-order valence-corrected chi connectivity index (χ3v) is 3.50. The Morgan fingerprint density at radius 1 is 1.67 bits per heavy atom. The van der Waals surface area contributed by atoms with Gasteiger partial charge < -0.3 is 21.1 Å². The molecule has 15 heavy (non-hydrogen) atoms. The molecule has 3 unspecified atom stereocenters. The second kappa shape index (κ2) is 5.25. The van der Waals surface area contributed by atoms with Crippen molar-refractivity contribution < 1.29 is 5.11 Å². The van der Waals surface area contributed by atoms with Gasteiger partial charge in [0.25, 0.3) is 0 Å². The van der Waals surface area contributed by atoms with E-state index in [0.29, 0.717) is 18.6 Å². The Hall–Kier alpha value is -0.160. The quantitative estimate of drug-likeness (QED) is 0.593. The van der Waals surface area contributed by atoms with Crippen molar-refractivity contribution in [2.24, 2.45) is 5.73 Å². The highest BCUT2D eigenvalue weighted by Crippen LogP contribution is 2.25. The van der Waals surface area contributed by atoms with Crippen molar-refractivity contribution in [2.45, 2.75) is 44.3 Å². The molecule has 3 atom stereocenters. The summed E-state index contributed by atoms with van der Waals surface area (Å²) in [6.07, 6.45) is 1.88. The molecule has 1 fully saturated rings. The van der Waals surface area contributed by atoms with E-state index in [2.05, 4.69) is 31.1 Å². The molecule has 1 aliphatic rings. The zero-order valence-electron chi connectivity index (χ0n) is 10.2. The van der Waals surface area contributed by atoms with Gasteiger partial charge in [0.05, 0.1) is 0 Å². The molecule has 0 aliphatic carbocycles. The Balaban J connectivity index is 2.55. The van der Waals surface area contributed by atoms with Crippen LogP contribution in [0, 0.1) is 0 Å². The molecule has 4 nitrogen and oxygen atoms in total. The lowest BCUT2D eigenvalue weighted by Gasteiger charge is -2.32. The van der Waals surface area contributed by atoms with Crippen molar-refractivity contribution in [3.05, 3.63) is 0 Å². The minimum Gasteiger partial charge on any atom is -0.396 e. The second-order valence-corrected chi connectivity index (χ2v) is 5.01. The normalized spacial score (nSPS) is 34.6. The van der Waals surface area contributed by atoms with E-state index < -0.39 is 0 Å². The maximum Gasteiger partial charge on any atom is 0.0449 e. The average Bonchev–Trinajstić information content (AvgIpc) is 2.43. The second-order valence-electron chi connectivity index (χ2n) is 5.01. The van der Waals surface area contributed by atoms with Crippen molar-refractivity contribution in [1.82, 2.24) is 10.2 Å². The smallest absolute Gasteiger partial charge is 0.0449 e. The molecule has 0 spiro atoms. The topological polar surface area (TPSA) is 61.5 Å². The number of nitrogens with one attached hydrogen (secondary N) is 1. The Labute approximate surface area is 92.8 Å². The van der Waals surface area contributed by atoms with Gasteiger partial charge in [-0.05, 0) is 33.7 Å². The first-order valence-electron chi connectivity index (χ1n) is 5.82. The van der Waals surface area contributed by atoms with Crippen LogP contribution in [0.4, 0.5) is 0 Å². The summed E-state index contributed by atoms with van der Waals surface area (Å²) in [5.41, 5.74) is 5.93. The minimum absolute atomic E-state index is 0.0444. The van der Waals surface area contributed by atoms with Crippen LogP contribution in [0.1, 0.15) is 26.7 Å². The Morgan fingerprint density at radius 2 is 2.33 bits per heavy atom. The SMILES string of the molecule is CC(CCO)NC1(CN)CC(C)N(C)C1. The van der Waals surface area contributed by atoms with Crippen molar-refractivity contribution in [3.63, 3.8) is 0 Å². The number of aliphatic hydroxyl groups excluding tert-OH is 1. The van der Waals surface area contributed by atoms with E-state index in [1.807, 2.05) is 0 Å². The van der Waals surface area contributed by atoms with Gasteiger partial charge in [-0.25, -0.2) is 0 Å². The molecule has 0 aromatic carbocycles. The molecule has 0 radical (unpaired) electrons. The summed E-state index contributed by atoms with van der Waals surface area (Å²) < 4.78 is 0. The van der Waals surface area contributed by atoms with Gasteiger partial charge in [-0.1, -0.05) is 0 Å². The van der Waals surface area contributed by atoms with E-state index >= 15 is 0 Å². The van der Waals surface area contributed by atoms with Crippen molar-refractivity contribution in [3.8, 4) is 0 Å². The summed E-state index contributed by atoms with van der Waals surface area (Å²) in [6, 6.07) is 0.916. The van der Waals surface area contributed by atoms with Crippen molar-refractivity contribution in [2.75, 3.05) is 26.7 Å². The summed E-state index contributed by atoms with van der Waals surface area (Å²) in [7, 11) is 2.14. The molecule has 0 aromatic rings. The predicted molar refractivity (Wildman–Crippen MR) is 62.8 cm³/mol. The first kappa shape index (κ1) is 12.9. The average molecular weight is 215 g/mol. The third kappa shape index (κ3) is 3.14. The van der Waals surface area contributed by atoms with Crippen molar-refractivity contribution >= 4 is 0 Å². The largest absolute Gasteiger partial charge is 0.396 e. The molecule has 4 heteroatoms. The molecule has 1 heterocycles. The summed E-state index contributed by atoms with van der Waals surface area (Å²) in [5, 5.41) is 12.5. The van der Waals surface area contributed by atoms with Gasteiger partial charge in [-0.3, -0.25) is 0 Å². The summed E-state index contributed by atoms with van der Waals surface area (Å²) >= 11 is 0. The van der Waals surface area contributed by atoms with E-state index in [1.54, 1.807) is 0 Å². The van der Waals surface area contributed by atoms with E-state index in [0.717, 1.165) is 19.4 Å². The molecule has 0 bridgehead atoms. The molecule has 1 saturated heterocycles. The lowest BCUT2D eigenvalue weighted by molar-refractivity contribution is 0.235. The van der Waals surface area contributed by atoms with Gasteiger partial charge in [0.15, 0.2) is 0 Å². The fraction of sp³-hybridized carbons (Fsp3) is 1.00. The van der Waals surface area contributed by atoms with Gasteiger partial charge in [0.1, 0.15) is 0 Å². The fourth-order valence-electron chi connectivity index (χ4n) is 2.52. The number of rotatable bonds is 5. The van der Waals surface area contributed by atoms with Crippen molar-refractivity contribution in [1.29, 1.82) is 0 Å². The highest BCUT2D eigenvalue weighted by atomic mass is 16.3. The molecule has 0 amide bonds. The van der Waals surface area contributed by atoms with Crippen LogP contribution >= 0.6 is 0 Å². The van der Waals surface area contributed by atoms with Crippen LogP contribution in [0.2, 0.25) is 0 Å². The lowest BCUT2D eigenvalue weighted by atomic mass is 9.95. The molecule has 1 rings (SSSR count). The number of nitrogens with two attached hydrogens (primary N) is 1. The molecule has 90 valence electrons. The minimum atomic E-state index is 0.0444. The first-order chi connectivity index (χ1) is 7.03. The first-order valence-corrected chi connectivity index (χ1v) is 5.82. The van der Waals surface area contributed by atoms with Crippen LogP contribution in [0.25, 0.3) is 0 Å². The number of aliphatic hydroxyl groups is 1. The van der Waals surface area contributed by atoms with E-state index in [-0.39, 0.29) is 12.1 Å². The Bertz CT molecular complexity index is 188. The van der Waals surface area contributed by atoms with Gasteiger partial charge >= 0.3 is 0 Å². The van der Waals surface area contributed by atoms with Crippen LogP contribution in [0.5, 0.6) is 0 Å². The Kier molecular flexibility index (Phi) is 4.52. The fourth-order valence-corrected chi connectivity index (χ4v) is 2.52. The van der Waals surface area contributed by atoms with Gasteiger partial charge in [-0.2, -0.15) is 0 Å². The number of nitrogens with zero attached hydrogens (tertiary/aromatic N) is 1.